The van der Waals surface area contributed by atoms with Gasteiger partial charge in [-0.25, -0.2) is 0 Å². The SMILES string of the molecule is COCCOCCOCCC1(CNC(C)C)CCOC1C. The predicted octanol–water partition coefficient (Wildman–Crippen LogP) is 1.85. The van der Waals surface area contributed by atoms with Crippen LogP contribution in [0.1, 0.15) is 33.6 Å². The first-order valence-electron chi connectivity index (χ1n) is 8.10. The van der Waals surface area contributed by atoms with Gasteiger partial charge in [-0.1, -0.05) is 13.8 Å². The Morgan fingerprint density at radius 3 is 2.38 bits per heavy atom. The highest BCUT2D eigenvalue weighted by molar-refractivity contribution is 4.91. The third-order valence-electron chi connectivity index (χ3n) is 4.24. The van der Waals surface area contributed by atoms with Crippen LogP contribution in [0.4, 0.5) is 0 Å². The van der Waals surface area contributed by atoms with Crippen molar-refractivity contribution in [3.8, 4) is 0 Å². The molecule has 1 fully saturated rings. The average molecular weight is 303 g/mol. The van der Waals surface area contributed by atoms with Crippen LogP contribution in [0.3, 0.4) is 0 Å². The zero-order valence-corrected chi connectivity index (χ0v) is 14.2. The summed E-state index contributed by atoms with van der Waals surface area (Å²) in [6, 6.07) is 0.504. The van der Waals surface area contributed by atoms with Crippen LogP contribution in [0.5, 0.6) is 0 Å². The van der Waals surface area contributed by atoms with Crippen LogP contribution in [-0.4, -0.2) is 65.4 Å². The molecule has 1 saturated heterocycles. The first kappa shape index (κ1) is 18.8. The summed E-state index contributed by atoms with van der Waals surface area (Å²) in [4.78, 5) is 0. The number of nitrogens with one attached hydrogen (secondary N) is 1. The molecule has 5 nitrogen and oxygen atoms in total. The van der Waals surface area contributed by atoms with Crippen molar-refractivity contribution in [1.29, 1.82) is 0 Å². The van der Waals surface area contributed by atoms with Gasteiger partial charge in [-0.15, -0.1) is 0 Å². The summed E-state index contributed by atoms with van der Waals surface area (Å²) in [5.41, 5.74) is 0.210. The maximum Gasteiger partial charge on any atom is 0.0701 e. The number of hydrogen-bond acceptors (Lipinski definition) is 5. The Labute approximate surface area is 129 Å². The van der Waals surface area contributed by atoms with Gasteiger partial charge in [0.25, 0.3) is 0 Å². The van der Waals surface area contributed by atoms with Crippen LogP contribution in [0.15, 0.2) is 0 Å². The summed E-state index contributed by atoms with van der Waals surface area (Å²) >= 11 is 0. The largest absolute Gasteiger partial charge is 0.382 e. The van der Waals surface area contributed by atoms with Gasteiger partial charge in [0.15, 0.2) is 0 Å². The average Bonchev–Trinajstić information content (AvgIpc) is 2.81. The topological polar surface area (TPSA) is 49.0 Å². The number of methoxy groups -OCH3 is 1. The molecule has 0 aromatic heterocycles. The lowest BCUT2D eigenvalue weighted by molar-refractivity contribution is 0.00420. The standard InChI is InChI=1S/C16H33NO4/c1-14(2)17-13-16(6-8-21-15(16)3)5-7-19-11-12-20-10-9-18-4/h14-15,17H,5-13H2,1-4H3. The number of rotatable bonds is 12. The molecule has 1 rings (SSSR count). The Hall–Kier alpha value is -0.200. The smallest absolute Gasteiger partial charge is 0.0701 e. The van der Waals surface area contributed by atoms with Crippen molar-refractivity contribution in [3.05, 3.63) is 0 Å². The maximum absolute atomic E-state index is 5.79. The fourth-order valence-electron chi connectivity index (χ4n) is 2.61. The Morgan fingerprint density at radius 2 is 1.81 bits per heavy atom. The summed E-state index contributed by atoms with van der Waals surface area (Å²) in [5, 5.41) is 3.56. The van der Waals surface area contributed by atoms with E-state index in [2.05, 4.69) is 26.1 Å². The van der Waals surface area contributed by atoms with Gasteiger partial charge in [0.05, 0.1) is 32.5 Å². The van der Waals surface area contributed by atoms with E-state index in [4.69, 9.17) is 18.9 Å². The number of hydrogen-bond donors (Lipinski definition) is 1. The first-order valence-corrected chi connectivity index (χ1v) is 8.10. The van der Waals surface area contributed by atoms with E-state index in [-0.39, 0.29) is 5.41 Å². The third kappa shape index (κ3) is 7.06. The molecule has 2 atom stereocenters. The van der Waals surface area contributed by atoms with E-state index < -0.39 is 0 Å². The van der Waals surface area contributed by atoms with Crippen LogP contribution in [0, 0.1) is 5.41 Å². The monoisotopic (exact) mass is 303 g/mol. The molecular formula is C16H33NO4. The molecule has 1 heterocycles. The molecule has 0 aromatic carbocycles. The molecule has 126 valence electrons. The molecule has 0 aromatic rings. The van der Waals surface area contributed by atoms with E-state index in [0.717, 1.165) is 32.6 Å². The molecule has 2 unspecified atom stereocenters. The van der Waals surface area contributed by atoms with Crippen LogP contribution in [0.25, 0.3) is 0 Å². The van der Waals surface area contributed by atoms with E-state index in [9.17, 15) is 0 Å². The second-order valence-corrected chi connectivity index (χ2v) is 6.13. The quantitative estimate of drug-likeness (QED) is 0.558. The van der Waals surface area contributed by atoms with Crippen molar-refractivity contribution in [2.45, 2.75) is 45.8 Å². The zero-order valence-electron chi connectivity index (χ0n) is 14.2. The fraction of sp³-hybridized carbons (Fsp3) is 1.00. The molecular weight excluding hydrogens is 270 g/mol. The Kier molecular flexibility index (Phi) is 9.44. The number of ether oxygens (including phenoxy) is 4. The van der Waals surface area contributed by atoms with Crippen molar-refractivity contribution in [2.75, 3.05) is 53.3 Å². The molecule has 21 heavy (non-hydrogen) atoms. The molecule has 0 spiro atoms. The molecule has 0 aliphatic carbocycles. The van der Waals surface area contributed by atoms with E-state index in [0.29, 0.717) is 38.6 Å². The van der Waals surface area contributed by atoms with Crippen LogP contribution in [0.2, 0.25) is 0 Å². The second-order valence-electron chi connectivity index (χ2n) is 6.13. The molecule has 1 aliphatic rings. The summed E-state index contributed by atoms with van der Waals surface area (Å²) in [6.07, 6.45) is 2.44. The van der Waals surface area contributed by atoms with Gasteiger partial charge >= 0.3 is 0 Å². The van der Waals surface area contributed by atoms with Crippen LogP contribution >= 0.6 is 0 Å². The van der Waals surface area contributed by atoms with Crippen molar-refractivity contribution in [3.63, 3.8) is 0 Å². The molecule has 0 radical (unpaired) electrons. The molecule has 1 aliphatic heterocycles. The van der Waals surface area contributed by atoms with Crippen molar-refractivity contribution in [2.24, 2.45) is 5.41 Å². The second kappa shape index (κ2) is 10.5. The minimum Gasteiger partial charge on any atom is -0.382 e. The molecule has 1 N–H and O–H groups in total. The van der Waals surface area contributed by atoms with Crippen molar-refractivity contribution < 1.29 is 18.9 Å². The highest BCUT2D eigenvalue weighted by atomic mass is 16.5. The summed E-state index contributed by atoms with van der Waals surface area (Å²) < 4.78 is 21.8. The van der Waals surface area contributed by atoms with E-state index in [1.807, 2.05) is 0 Å². The van der Waals surface area contributed by atoms with Gasteiger partial charge in [-0.05, 0) is 19.8 Å². The van der Waals surface area contributed by atoms with E-state index in [1.54, 1.807) is 7.11 Å². The summed E-state index contributed by atoms with van der Waals surface area (Å²) in [6.45, 7) is 11.7. The summed E-state index contributed by atoms with van der Waals surface area (Å²) in [7, 11) is 1.68. The van der Waals surface area contributed by atoms with Gasteiger partial charge in [0, 0.05) is 38.3 Å². The lowest BCUT2D eigenvalue weighted by Crippen LogP contribution is -2.42. The highest BCUT2D eigenvalue weighted by Crippen LogP contribution is 2.37. The lowest BCUT2D eigenvalue weighted by atomic mass is 9.78. The van der Waals surface area contributed by atoms with E-state index in [1.165, 1.54) is 0 Å². The van der Waals surface area contributed by atoms with Crippen LogP contribution < -0.4 is 5.32 Å². The zero-order chi connectivity index (χ0) is 15.6. The minimum absolute atomic E-state index is 0.210. The first-order chi connectivity index (χ1) is 10.1. The Morgan fingerprint density at radius 1 is 1.14 bits per heavy atom. The van der Waals surface area contributed by atoms with Crippen molar-refractivity contribution in [1.82, 2.24) is 5.32 Å². The maximum atomic E-state index is 5.79. The van der Waals surface area contributed by atoms with Gasteiger partial charge in [0.1, 0.15) is 0 Å². The van der Waals surface area contributed by atoms with Gasteiger partial charge in [-0.2, -0.15) is 0 Å². The van der Waals surface area contributed by atoms with Gasteiger partial charge < -0.3 is 24.3 Å². The van der Waals surface area contributed by atoms with Gasteiger partial charge in [0.2, 0.25) is 0 Å². The molecule has 0 saturated carbocycles. The lowest BCUT2D eigenvalue weighted by Gasteiger charge is -2.33. The van der Waals surface area contributed by atoms with E-state index >= 15 is 0 Å². The molecule has 0 bridgehead atoms. The van der Waals surface area contributed by atoms with Crippen molar-refractivity contribution >= 4 is 0 Å². The third-order valence-corrected chi connectivity index (χ3v) is 4.24. The normalized spacial score (nSPS) is 25.9. The Balaban J connectivity index is 2.18. The van der Waals surface area contributed by atoms with Gasteiger partial charge in [-0.3, -0.25) is 0 Å². The highest BCUT2D eigenvalue weighted by Gasteiger charge is 2.40. The fourth-order valence-corrected chi connectivity index (χ4v) is 2.61. The minimum atomic E-state index is 0.210. The summed E-state index contributed by atoms with van der Waals surface area (Å²) in [5.74, 6) is 0. The van der Waals surface area contributed by atoms with Crippen LogP contribution in [-0.2, 0) is 18.9 Å². The molecule has 0 amide bonds. The Bertz CT molecular complexity index is 263. The predicted molar refractivity (Wildman–Crippen MR) is 83.7 cm³/mol. The molecule has 5 heteroatoms.